The Labute approximate surface area is 66.5 Å². The first-order chi connectivity index (χ1) is 4.33. The van der Waals surface area contributed by atoms with Gasteiger partial charge in [0, 0.05) is 6.04 Å². The van der Waals surface area contributed by atoms with Gasteiger partial charge in [-0.25, -0.2) is 0 Å². The third-order valence-corrected chi connectivity index (χ3v) is 1.57. The Kier molecular flexibility index (Phi) is 4.40. The van der Waals surface area contributed by atoms with Gasteiger partial charge in [-0.3, -0.25) is 4.79 Å². The molecule has 4 heteroatoms. The molecule has 1 heterocycles. The quantitative estimate of drug-likeness (QED) is 0.600. The summed E-state index contributed by atoms with van der Waals surface area (Å²) in [7, 11) is 1.42. The summed E-state index contributed by atoms with van der Waals surface area (Å²) in [6.07, 6.45) is 1.63. The highest BCUT2D eigenvalue weighted by Gasteiger charge is 2.19. The normalized spacial score (nSPS) is 22.3. The maximum Gasteiger partial charge on any atom is 0.307 e. The maximum absolute atomic E-state index is 10.6. The summed E-state index contributed by atoms with van der Waals surface area (Å²) in [5.41, 5.74) is 0. The Morgan fingerprint density at radius 3 is 2.70 bits per heavy atom. The van der Waals surface area contributed by atoms with Gasteiger partial charge in [0.15, 0.2) is 0 Å². The van der Waals surface area contributed by atoms with Crippen molar-refractivity contribution in [3.8, 4) is 0 Å². The minimum absolute atomic E-state index is 0. The maximum atomic E-state index is 10.6. The lowest BCUT2D eigenvalue weighted by molar-refractivity contribution is -0.141. The molecular weight excluding hydrogens is 154 g/mol. The van der Waals surface area contributed by atoms with Crippen LogP contribution in [0.15, 0.2) is 0 Å². The average molecular weight is 166 g/mol. The fourth-order valence-corrected chi connectivity index (χ4v) is 0.807. The Balaban J connectivity index is 0.000000810. The molecule has 0 spiro atoms. The molecule has 0 radical (unpaired) electrons. The highest BCUT2D eigenvalue weighted by atomic mass is 35.5. The van der Waals surface area contributed by atoms with E-state index in [-0.39, 0.29) is 18.4 Å². The summed E-state index contributed by atoms with van der Waals surface area (Å²) in [5, 5.41) is 3.11. The molecule has 0 aliphatic carbocycles. The summed E-state index contributed by atoms with van der Waals surface area (Å²) in [6.45, 7) is 1.04. The Morgan fingerprint density at radius 2 is 2.40 bits per heavy atom. The van der Waals surface area contributed by atoms with Gasteiger partial charge in [0.1, 0.15) is 0 Å². The molecule has 3 nitrogen and oxygen atoms in total. The number of hydrogen-bond acceptors (Lipinski definition) is 3. The minimum atomic E-state index is -0.118. The number of carbonyl (C=O) groups is 1. The largest absolute Gasteiger partial charge is 0.469 e. The lowest BCUT2D eigenvalue weighted by Gasteiger charge is -2.26. The molecule has 1 aliphatic rings. The van der Waals surface area contributed by atoms with Crippen LogP contribution in [0.5, 0.6) is 0 Å². The second kappa shape index (κ2) is 4.52. The van der Waals surface area contributed by atoms with Crippen molar-refractivity contribution >= 4 is 18.4 Å². The summed E-state index contributed by atoms with van der Waals surface area (Å²) in [6, 6.07) is 0.387. The Hall–Kier alpha value is -0.280. The van der Waals surface area contributed by atoms with E-state index in [0.717, 1.165) is 13.0 Å². The van der Waals surface area contributed by atoms with E-state index in [1.54, 1.807) is 0 Å². The number of methoxy groups -OCH3 is 1. The molecule has 0 aromatic heterocycles. The zero-order valence-corrected chi connectivity index (χ0v) is 6.74. The first-order valence-corrected chi connectivity index (χ1v) is 3.13. The second-order valence-corrected chi connectivity index (χ2v) is 2.22. The fourth-order valence-electron chi connectivity index (χ4n) is 0.807. The van der Waals surface area contributed by atoms with Crippen LogP contribution in [-0.2, 0) is 9.53 Å². The second-order valence-electron chi connectivity index (χ2n) is 2.22. The zero-order valence-electron chi connectivity index (χ0n) is 5.92. The van der Waals surface area contributed by atoms with Crippen molar-refractivity contribution < 1.29 is 9.53 Å². The minimum Gasteiger partial charge on any atom is -0.469 e. The van der Waals surface area contributed by atoms with Crippen LogP contribution in [0.3, 0.4) is 0 Å². The number of rotatable bonds is 2. The third-order valence-electron chi connectivity index (χ3n) is 1.57. The molecule has 0 bridgehead atoms. The molecule has 1 atom stereocenters. The number of hydrogen-bond donors (Lipinski definition) is 1. The Bertz CT molecular complexity index is 114. The molecule has 0 aromatic carbocycles. The van der Waals surface area contributed by atoms with E-state index in [4.69, 9.17) is 0 Å². The predicted octanol–water partition coefficient (Wildman–Crippen LogP) is 0.333. The standard InChI is InChI=1S/C6H11NO2.ClH/c1-9-6(8)4-5-2-3-7-5;/h5,7H,2-4H2,1H3;1H. The van der Waals surface area contributed by atoms with Gasteiger partial charge in [-0.15, -0.1) is 12.4 Å². The van der Waals surface area contributed by atoms with Crippen LogP contribution in [0.2, 0.25) is 0 Å². The number of ether oxygens (including phenoxy) is 1. The molecule has 1 unspecified atom stereocenters. The Morgan fingerprint density at radius 1 is 1.80 bits per heavy atom. The number of nitrogens with one attached hydrogen (secondary N) is 1. The van der Waals surface area contributed by atoms with Gasteiger partial charge in [-0.2, -0.15) is 0 Å². The smallest absolute Gasteiger partial charge is 0.307 e. The molecule has 0 aromatic rings. The molecule has 1 saturated heterocycles. The van der Waals surface area contributed by atoms with Crippen molar-refractivity contribution in [1.82, 2.24) is 5.32 Å². The highest BCUT2D eigenvalue weighted by Crippen LogP contribution is 2.06. The highest BCUT2D eigenvalue weighted by molar-refractivity contribution is 5.85. The topological polar surface area (TPSA) is 38.3 Å². The fraction of sp³-hybridized carbons (Fsp3) is 0.833. The van der Waals surface area contributed by atoms with E-state index in [0.29, 0.717) is 12.5 Å². The van der Waals surface area contributed by atoms with Crippen molar-refractivity contribution in [2.45, 2.75) is 18.9 Å². The SMILES string of the molecule is COC(=O)CC1CCN1.Cl. The van der Waals surface area contributed by atoms with E-state index in [1.807, 2.05) is 0 Å². The van der Waals surface area contributed by atoms with Crippen molar-refractivity contribution in [2.24, 2.45) is 0 Å². The number of carbonyl (C=O) groups excluding carboxylic acids is 1. The molecule has 1 fully saturated rings. The first kappa shape index (κ1) is 9.72. The van der Waals surface area contributed by atoms with Gasteiger partial charge in [0.05, 0.1) is 13.5 Å². The van der Waals surface area contributed by atoms with Crippen LogP contribution < -0.4 is 5.32 Å². The average Bonchev–Trinajstić information content (AvgIpc) is 1.78. The molecule has 1 N–H and O–H groups in total. The van der Waals surface area contributed by atoms with E-state index in [9.17, 15) is 4.79 Å². The molecule has 0 saturated carbocycles. The summed E-state index contributed by atoms with van der Waals surface area (Å²) in [5.74, 6) is -0.118. The molecule has 0 amide bonds. The first-order valence-electron chi connectivity index (χ1n) is 3.13. The zero-order chi connectivity index (χ0) is 6.69. The number of halogens is 1. The monoisotopic (exact) mass is 165 g/mol. The molecule has 10 heavy (non-hydrogen) atoms. The van der Waals surface area contributed by atoms with Crippen molar-refractivity contribution in [3.63, 3.8) is 0 Å². The molecule has 60 valence electrons. The summed E-state index contributed by atoms with van der Waals surface area (Å²) in [4.78, 5) is 10.6. The van der Waals surface area contributed by atoms with Gasteiger partial charge in [-0.1, -0.05) is 0 Å². The van der Waals surface area contributed by atoms with Gasteiger partial charge >= 0.3 is 5.97 Å². The third kappa shape index (κ3) is 2.54. The van der Waals surface area contributed by atoms with Gasteiger partial charge < -0.3 is 10.1 Å². The van der Waals surface area contributed by atoms with Crippen molar-refractivity contribution in [3.05, 3.63) is 0 Å². The predicted molar refractivity (Wildman–Crippen MR) is 40.3 cm³/mol. The molecular formula is C6H12ClNO2. The summed E-state index contributed by atoms with van der Waals surface area (Å²) >= 11 is 0. The lowest BCUT2D eigenvalue weighted by atomic mass is 10.0. The van der Waals surface area contributed by atoms with E-state index in [1.165, 1.54) is 7.11 Å². The molecule has 1 rings (SSSR count). The lowest BCUT2D eigenvalue weighted by Crippen LogP contribution is -2.44. The van der Waals surface area contributed by atoms with Gasteiger partial charge in [0.25, 0.3) is 0 Å². The van der Waals surface area contributed by atoms with Crippen LogP contribution >= 0.6 is 12.4 Å². The summed E-state index contributed by atoms with van der Waals surface area (Å²) < 4.78 is 4.48. The van der Waals surface area contributed by atoms with Crippen LogP contribution in [0.25, 0.3) is 0 Å². The van der Waals surface area contributed by atoms with Crippen molar-refractivity contribution in [2.75, 3.05) is 13.7 Å². The van der Waals surface area contributed by atoms with Crippen molar-refractivity contribution in [1.29, 1.82) is 0 Å². The van der Waals surface area contributed by atoms with Gasteiger partial charge in [-0.05, 0) is 13.0 Å². The van der Waals surface area contributed by atoms with E-state index >= 15 is 0 Å². The molecule has 1 aliphatic heterocycles. The van der Waals surface area contributed by atoms with E-state index in [2.05, 4.69) is 10.1 Å². The van der Waals surface area contributed by atoms with Gasteiger partial charge in [0.2, 0.25) is 0 Å². The number of esters is 1. The van der Waals surface area contributed by atoms with Crippen LogP contribution in [0.4, 0.5) is 0 Å². The van der Waals surface area contributed by atoms with Crippen LogP contribution in [0.1, 0.15) is 12.8 Å². The van der Waals surface area contributed by atoms with E-state index < -0.39 is 0 Å². The van der Waals surface area contributed by atoms with Crippen LogP contribution in [0, 0.1) is 0 Å². The van der Waals surface area contributed by atoms with Crippen LogP contribution in [-0.4, -0.2) is 25.7 Å².